The summed E-state index contributed by atoms with van der Waals surface area (Å²) in [5, 5.41) is 3.34. The largest absolute Gasteiger partial charge is 0.370 e. The number of nitrogens with zero attached hydrogens (tertiary/aromatic N) is 2. The molecule has 1 heterocycles. The molecule has 20 heavy (non-hydrogen) atoms. The highest BCUT2D eigenvalue weighted by Crippen LogP contribution is 2.27. The summed E-state index contributed by atoms with van der Waals surface area (Å²) in [6.45, 7) is 11.4. The van der Waals surface area contributed by atoms with Crippen LogP contribution in [-0.4, -0.2) is 16.5 Å². The average molecular weight is 269 g/mol. The van der Waals surface area contributed by atoms with Crippen molar-refractivity contribution in [3.05, 3.63) is 40.7 Å². The van der Waals surface area contributed by atoms with Crippen LogP contribution in [0.4, 0.5) is 5.82 Å². The summed E-state index contributed by atoms with van der Waals surface area (Å²) in [7, 11) is 0. The minimum absolute atomic E-state index is 0.844. The fraction of sp³-hybridized carbons (Fsp3) is 0.412. The molecule has 0 saturated heterocycles. The van der Waals surface area contributed by atoms with Crippen molar-refractivity contribution in [1.82, 2.24) is 9.97 Å². The van der Waals surface area contributed by atoms with E-state index in [1.54, 1.807) is 0 Å². The molecule has 0 saturated carbocycles. The first kappa shape index (κ1) is 14.5. The van der Waals surface area contributed by atoms with Crippen LogP contribution in [0.25, 0.3) is 11.3 Å². The first-order valence-electron chi connectivity index (χ1n) is 7.25. The van der Waals surface area contributed by atoms with E-state index < -0.39 is 0 Å². The maximum atomic E-state index is 4.74. The van der Waals surface area contributed by atoms with Gasteiger partial charge in [-0.15, -0.1) is 0 Å². The Kier molecular flexibility index (Phi) is 4.38. The molecule has 0 spiro atoms. The number of anilines is 1. The molecule has 0 fully saturated rings. The molecule has 0 radical (unpaired) electrons. The van der Waals surface area contributed by atoms with E-state index in [-0.39, 0.29) is 0 Å². The van der Waals surface area contributed by atoms with Crippen LogP contribution in [-0.2, 0) is 6.42 Å². The maximum Gasteiger partial charge on any atom is 0.133 e. The Morgan fingerprint density at radius 1 is 0.950 bits per heavy atom. The third-order valence-corrected chi connectivity index (χ3v) is 3.35. The molecule has 0 aliphatic heterocycles. The second kappa shape index (κ2) is 6.04. The molecule has 1 N–H and O–H groups in total. The molecule has 0 bridgehead atoms. The predicted molar refractivity (Wildman–Crippen MR) is 85.2 cm³/mol. The van der Waals surface area contributed by atoms with Crippen molar-refractivity contribution < 1.29 is 0 Å². The number of benzene rings is 1. The van der Waals surface area contributed by atoms with Gasteiger partial charge in [-0.1, -0.05) is 24.1 Å². The predicted octanol–water partition coefficient (Wildman–Crippen LogP) is 4.06. The number of hydrogen-bond donors (Lipinski definition) is 1. The number of rotatable bonds is 4. The van der Waals surface area contributed by atoms with Crippen LogP contribution in [0.15, 0.2) is 18.2 Å². The van der Waals surface area contributed by atoms with E-state index in [0.29, 0.717) is 0 Å². The summed E-state index contributed by atoms with van der Waals surface area (Å²) in [4.78, 5) is 9.32. The van der Waals surface area contributed by atoms with Gasteiger partial charge in [-0.05, 0) is 39.8 Å². The summed E-state index contributed by atoms with van der Waals surface area (Å²) in [6, 6.07) is 6.57. The number of nitrogens with one attached hydrogen (secondary N) is 1. The van der Waals surface area contributed by atoms with E-state index in [0.717, 1.165) is 35.9 Å². The molecular formula is C17H23N3. The standard InChI is InChI=1S/C17H23N3/c1-6-15-19-16(13(5)17(20-15)18-7-2)14-9-11(3)8-12(4)10-14/h8-10H,6-7H2,1-5H3,(H,18,19,20). The van der Waals surface area contributed by atoms with Crippen LogP contribution in [0.3, 0.4) is 0 Å². The van der Waals surface area contributed by atoms with Gasteiger partial charge in [-0.2, -0.15) is 0 Å². The lowest BCUT2D eigenvalue weighted by molar-refractivity contribution is 0.930. The summed E-state index contributed by atoms with van der Waals surface area (Å²) in [5.74, 6) is 1.84. The molecule has 0 aliphatic rings. The van der Waals surface area contributed by atoms with Crippen molar-refractivity contribution in [3.63, 3.8) is 0 Å². The second-order valence-electron chi connectivity index (χ2n) is 5.22. The molecule has 1 aromatic heterocycles. The highest BCUT2D eigenvalue weighted by atomic mass is 15.0. The fourth-order valence-corrected chi connectivity index (χ4v) is 2.45. The highest BCUT2D eigenvalue weighted by Gasteiger charge is 2.12. The van der Waals surface area contributed by atoms with Gasteiger partial charge in [0.15, 0.2) is 0 Å². The zero-order valence-corrected chi connectivity index (χ0v) is 13.0. The minimum Gasteiger partial charge on any atom is -0.370 e. The molecule has 2 rings (SSSR count). The van der Waals surface area contributed by atoms with Crippen molar-refractivity contribution in [3.8, 4) is 11.3 Å². The highest BCUT2D eigenvalue weighted by molar-refractivity contribution is 5.69. The molecule has 0 amide bonds. The molecule has 0 aliphatic carbocycles. The van der Waals surface area contributed by atoms with Gasteiger partial charge >= 0.3 is 0 Å². The Morgan fingerprint density at radius 2 is 1.60 bits per heavy atom. The second-order valence-corrected chi connectivity index (χ2v) is 5.22. The van der Waals surface area contributed by atoms with E-state index in [1.165, 1.54) is 16.7 Å². The van der Waals surface area contributed by atoms with E-state index in [2.05, 4.69) is 63.1 Å². The van der Waals surface area contributed by atoms with Crippen LogP contribution >= 0.6 is 0 Å². The smallest absolute Gasteiger partial charge is 0.133 e. The van der Waals surface area contributed by atoms with Gasteiger partial charge in [0.25, 0.3) is 0 Å². The Hall–Kier alpha value is -1.90. The molecule has 1 aromatic carbocycles. The quantitative estimate of drug-likeness (QED) is 0.909. The Balaban J connectivity index is 2.62. The van der Waals surface area contributed by atoms with Crippen LogP contribution in [0, 0.1) is 20.8 Å². The number of aromatic nitrogens is 2. The fourth-order valence-electron chi connectivity index (χ4n) is 2.45. The van der Waals surface area contributed by atoms with Crippen molar-refractivity contribution >= 4 is 5.82 Å². The van der Waals surface area contributed by atoms with E-state index in [1.807, 2.05) is 0 Å². The lowest BCUT2D eigenvalue weighted by Crippen LogP contribution is -2.07. The lowest BCUT2D eigenvalue weighted by Gasteiger charge is -2.14. The molecule has 0 atom stereocenters. The van der Waals surface area contributed by atoms with Gasteiger partial charge in [-0.25, -0.2) is 9.97 Å². The van der Waals surface area contributed by atoms with Gasteiger partial charge in [0.05, 0.1) is 5.69 Å². The van der Waals surface area contributed by atoms with Crippen LogP contribution < -0.4 is 5.32 Å². The zero-order valence-electron chi connectivity index (χ0n) is 13.0. The van der Waals surface area contributed by atoms with Crippen molar-refractivity contribution in [2.24, 2.45) is 0 Å². The van der Waals surface area contributed by atoms with Crippen LogP contribution in [0.2, 0.25) is 0 Å². The lowest BCUT2D eigenvalue weighted by atomic mass is 10.0. The van der Waals surface area contributed by atoms with Crippen molar-refractivity contribution in [1.29, 1.82) is 0 Å². The van der Waals surface area contributed by atoms with E-state index in [9.17, 15) is 0 Å². The molecule has 3 nitrogen and oxygen atoms in total. The van der Waals surface area contributed by atoms with Crippen LogP contribution in [0.5, 0.6) is 0 Å². The molecule has 0 unspecified atom stereocenters. The third-order valence-electron chi connectivity index (χ3n) is 3.35. The monoisotopic (exact) mass is 269 g/mol. The van der Waals surface area contributed by atoms with E-state index in [4.69, 9.17) is 4.98 Å². The SMILES string of the molecule is CCNc1nc(CC)nc(-c2cc(C)cc(C)c2)c1C. The van der Waals surface area contributed by atoms with Crippen molar-refractivity contribution in [2.45, 2.75) is 41.0 Å². The zero-order chi connectivity index (χ0) is 14.7. The minimum atomic E-state index is 0.844. The maximum absolute atomic E-state index is 4.74. The van der Waals surface area contributed by atoms with Gasteiger partial charge in [-0.3, -0.25) is 0 Å². The molecular weight excluding hydrogens is 246 g/mol. The summed E-state index contributed by atoms with van der Waals surface area (Å²) in [5.41, 5.74) is 5.87. The first-order chi connectivity index (χ1) is 9.55. The first-order valence-corrected chi connectivity index (χ1v) is 7.25. The summed E-state index contributed by atoms with van der Waals surface area (Å²) < 4.78 is 0. The molecule has 3 heteroatoms. The molecule has 106 valence electrons. The normalized spacial score (nSPS) is 10.7. The third kappa shape index (κ3) is 2.98. The Bertz CT molecular complexity index is 598. The van der Waals surface area contributed by atoms with Gasteiger partial charge in [0.1, 0.15) is 11.6 Å². The Morgan fingerprint density at radius 3 is 2.15 bits per heavy atom. The average Bonchev–Trinajstić information content (AvgIpc) is 2.40. The summed E-state index contributed by atoms with van der Waals surface area (Å²) >= 11 is 0. The van der Waals surface area contributed by atoms with Crippen LogP contribution in [0.1, 0.15) is 36.4 Å². The van der Waals surface area contributed by atoms with Gasteiger partial charge in [0, 0.05) is 24.1 Å². The van der Waals surface area contributed by atoms with E-state index >= 15 is 0 Å². The summed E-state index contributed by atoms with van der Waals surface area (Å²) in [6.07, 6.45) is 0.844. The Labute approximate surface area is 121 Å². The molecule has 2 aromatic rings. The van der Waals surface area contributed by atoms with Crippen molar-refractivity contribution in [2.75, 3.05) is 11.9 Å². The van der Waals surface area contributed by atoms with Gasteiger partial charge in [0.2, 0.25) is 0 Å². The topological polar surface area (TPSA) is 37.8 Å². The number of aryl methyl sites for hydroxylation is 3. The van der Waals surface area contributed by atoms with Gasteiger partial charge < -0.3 is 5.32 Å². The number of hydrogen-bond acceptors (Lipinski definition) is 3.